The molecule has 2 heterocycles. The van der Waals surface area contributed by atoms with Gasteiger partial charge in [-0.3, -0.25) is 9.59 Å². The summed E-state index contributed by atoms with van der Waals surface area (Å²) in [6.07, 6.45) is 5.32. The van der Waals surface area contributed by atoms with E-state index in [0.29, 0.717) is 37.3 Å². The number of carbonyl (C=O) groups is 2. The van der Waals surface area contributed by atoms with Gasteiger partial charge in [0.25, 0.3) is 5.91 Å². The number of anilines is 1. The first-order valence-electron chi connectivity index (χ1n) is 11.2. The van der Waals surface area contributed by atoms with Gasteiger partial charge in [0.1, 0.15) is 6.04 Å². The van der Waals surface area contributed by atoms with Crippen molar-refractivity contribution in [2.45, 2.75) is 43.2 Å². The Kier molecular flexibility index (Phi) is 7.41. The summed E-state index contributed by atoms with van der Waals surface area (Å²) >= 11 is 1.63. The summed E-state index contributed by atoms with van der Waals surface area (Å²) in [7, 11) is -3.52. The molecule has 33 heavy (non-hydrogen) atoms. The Morgan fingerprint density at radius 3 is 2.42 bits per heavy atom. The molecule has 2 amide bonds. The van der Waals surface area contributed by atoms with E-state index in [0.717, 1.165) is 30.6 Å². The Hall–Kier alpha value is -2.36. The molecule has 0 unspecified atom stereocenters. The average molecular weight is 488 g/mol. The molecule has 2 aliphatic heterocycles. The largest absolute Gasteiger partial charge is 0.324 e. The standard InChI is InChI=1S/C24H29N3O4S2/c1-32-16-13-22(27-17-18-7-3-4-8-21(18)24(27)29)23(28)25-19-9-11-20(12-10-19)33(30,31)26-14-5-2-6-15-26/h3-4,7-12,22H,2,5-6,13-17H2,1H3,(H,25,28)/t22-/m0/s1. The molecule has 0 aliphatic carbocycles. The number of hydrogen-bond acceptors (Lipinski definition) is 5. The van der Waals surface area contributed by atoms with Gasteiger partial charge >= 0.3 is 0 Å². The molecule has 9 heteroatoms. The van der Waals surface area contributed by atoms with Crippen LogP contribution in [0.15, 0.2) is 53.4 Å². The molecule has 1 N–H and O–H groups in total. The van der Waals surface area contributed by atoms with Gasteiger partial charge in [-0.25, -0.2) is 8.42 Å². The second-order valence-corrected chi connectivity index (χ2v) is 11.3. The predicted molar refractivity (Wildman–Crippen MR) is 131 cm³/mol. The maximum absolute atomic E-state index is 13.2. The van der Waals surface area contributed by atoms with Gasteiger partial charge in [0, 0.05) is 30.9 Å². The summed E-state index contributed by atoms with van der Waals surface area (Å²) in [5, 5.41) is 2.88. The summed E-state index contributed by atoms with van der Waals surface area (Å²) in [6, 6.07) is 13.1. The van der Waals surface area contributed by atoms with Gasteiger partial charge in [0.2, 0.25) is 15.9 Å². The Bertz CT molecular complexity index is 1110. The number of benzene rings is 2. The van der Waals surface area contributed by atoms with Crippen LogP contribution in [0.4, 0.5) is 5.69 Å². The van der Waals surface area contributed by atoms with E-state index in [2.05, 4.69) is 5.32 Å². The molecule has 0 spiro atoms. The summed E-state index contributed by atoms with van der Waals surface area (Å²) in [5.41, 5.74) is 2.08. The van der Waals surface area contributed by atoms with Crippen molar-refractivity contribution in [1.29, 1.82) is 0 Å². The molecular formula is C24H29N3O4S2. The van der Waals surface area contributed by atoms with E-state index in [-0.39, 0.29) is 16.7 Å². The molecule has 0 aromatic heterocycles. The van der Waals surface area contributed by atoms with Crippen molar-refractivity contribution >= 4 is 39.3 Å². The SMILES string of the molecule is CSCC[C@@H](C(=O)Nc1ccc(S(=O)(=O)N2CCCCC2)cc1)N1Cc2ccccc2C1=O. The van der Waals surface area contributed by atoms with Gasteiger partial charge in [-0.05, 0) is 67.2 Å². The van der Waals surface area contributed by atoms with Crippen molar-refractivity contribution in [3.05, 3.63) is 59.7 Å². The van der Waals surface area contributed by atoms with Crippen LogP contribution in [0.3, 0.4) is 0 Å². The lowest BCUT2D eigenvalue weighted by Gasteiger charge is -2.27. The number of carbonyl (C=O) groups excluding carboxylic acids is 2. The second kappa shape index (κ2) is 10.3. The van der Waals surface area contributed by atoms with Crippen LogP contribution >= 0.6 is 11.8 Å². The number of amides is 2. The monoisotopic (exact) mass is 487 g/mol. The van der Waals surface area contributed by atoms with E-state index in [1.54, 1.807) is 34.9 Å². The Balaban J connectivity index is 1.48. The van der Waals surface area contributed by atoms with Crippen molar-refractivity contribution in [3.8, 4) is 0 Å². The number of thioether (sulfide) groups is 1. The first-order chi connectivity index (χ1) is 15.9. The average Bonchev–Trinajstić information content (AvgIpc) is 3.16. The highest BCUT2D eigenvalue weighted by Crippen LogP contribution is 2.27. The zero-order valence-electron chi connectivity index (χ0n) is 18.7. The Morgan fingerprint density at radius 1 is 1.06 bits per heavy atom. The zero-order valence-corrected chi connectivity index (χ0v) is 20.3. The molecule has 0 radical (unpaired) electrons. The number of piperidine rings is 1. The maximum atomic E-state index is 13.2. The third-order valence-corrected chi connectivity index (χ3v) is 8.76. The highest BCUT2D eigenvalue weighted by molar-refractivity contribution is 7.98. The molecule has 2 aliphatic rings. The van der Waals surface area contributed by atoms with E-state index in [1.165, 1.54) is 16.4 Å². The van der Waals surface area contributed by atoms with Gasteiger partial charge < -0.3 is 10.2 Å². The summed E-state index contributed by atoms with van der Waals surface area (Å²) < 4.78 is 27.2. The highest BCUT2D eigenvalue weighted by atomic mass is 32.2. The number of nitrogens with one attached hydrogen (secondary N) is 1. The van der Waals surface area contributed by atoms with Crippen LogP contribution < -0.4 is 5.32 Å². The van der Waals surface area contributed by atoms with E-state index in [9.17, 15) is 18.0 Å². The van der Waals surface area contributed by atoms with Crippen LogP contribution in [-0.4, -0.2) is 60.6 Å². The van der Waals surface area contributed by atoms with Crippen LogP contribution in [0, 0.1) is 0 Å². The van der Waals surface area contributed by atoms with Gasteiger partial charge in [0.15, 0.2) is 0 Å². The topological polar surface area (TPSA) is 86.8 Å². The Morgan fingerprint density at radius 2 is 1.76 bits per heavy atom. The molecule has 4 rings (SSSR count). The quantitative estimate of drug-likeness (QED) is 0.615. The first kappa shape index (κ1) is 23.8. The van der Waals surface area contributed by atoms with Gasteiger partial charge in [-0.2, -0.15) is 16.1 Å². The van der Waals surface area contributed by atoms with Gasteiger partial charge in [0.05, 0.1) is 4.90 Å². The van der Waals surface area contributed by atoms with E-state index < -0.39 is 16.1 Å². The maximum Gasteiger partial charge on any atom is 0.255 e. The smallest absolute Gasteiger partial charge is 0.255 e. The van der Waals surface area contributed by atoms with Gasteiger partial charge in [-0.15, -0.1) is 0 Å². The fraction of sp³-hybridized carbons (Fsp3) is 0.417. The molecular weight excluding hydrogens is 458 g/mol. The highest BCUT2D eigenvalue weighted by Gasteiger charge is 2.36. The van der Waals surface area contributed by atoms with Gasteiger partial charge in [-0.1, -0.05) is 24.6 Å². The molecule has 1 saturated heterocycles. The molecule has 176 valence electrons. The van der Waals surface area contributed by atoms with E-state index >= 15 is 0 Å². The van der Waals surface area contributed by atoms with E-state index in [4.69, 9.17) is 0 Å². The molecule has 0 bridgehead atoms. The molecule has 1 fully saturated rings. The van der Waals surface area contributed by atoms with Crippen molar-refractivity contribution in [2.24, 2.45) is 0 Å². The van der Waals surface area contributed by atoms with Crippen molar-refractivity contribution in [1.82, 2.24) is 9.21 Å². The molecule has 2 aromatic carbocycles. The summed E-state index contributed by atoms with van der Waals surface area (Å²) in [5.74, 6) is 0.345. The van der Waals surface area contributed by atoms with Crippen molar-refractivity contribution in [2.75, 3.05) is 30.4 Å². The second-order valence-electron chi connectivity index (χ2n) is 8.37. The van der Waals surface area contributed by atoms with Crippen LogP contribution in [-0.2, 0) is 21.4 Å². The fourth-order valence-corrected chi connectivity index (χ4v) is 6.35. The molecule has 2 aromatic rings. The van der Waals surface area contributed by atoms with Crippen molar-refractivity contribution < 1.29 is 18.0 Å². The van der Waals surface area contributed by atoms with Crippen LogP contribution in [0.25, 0.3) is 0 Å². The number of fused-ring (bicyclic) bond motifs is 1. The van der Waals surface area contributed by atoms with Crippen LogP contribution in [0.1, 0.15) is 41.6 Å². The number of nitrogens with zero attached hydrogens (tertiary/aromatic N) is 2. The van der Waals surface area contributed by atoms with Crippen LogP contribution in [0.2, 0.25) is 0 Å². The number of sulfonamides is 1. The number of rotatable bonds is 8. The lowest BCUT2D eigenvalue weighted by Crippen LogP contribution is -2.44. The number of hydrogen-bond donors (Lipinski definition) is 1. The third-order valence-electron chi connectivity index (χ3n) is 6.20. The third kappa shape index (κ3) is 5.10. The summed E-state index contributed by atoms with van der Waals surface area (Å²) in [6.45, 7) is 1.50. The normalized spacial score (nSPS) is 17.6. The van der Waals surface area contributed by atoms with E-state index in [1.807, 2.05) is 24.5 Å². The van der Waals surface area contributed by atoms with Crippen molar-refractivity contribution in [3.63, 3.8) is 0 Å². The lowest BCUT2D eigenvalue weighted by molar-refractivity contribution is -0.120. The first-order valence-corrected chi connectivity index (χ1v) is 14.0. The minimum Gasteiger partial charge on any atom is -0.324 e. The molecule has 1 atom stereocenters. The minimum absolute atomic E-state index is 0.130. The minimum atomic E-state index is -3.52. The van der Waals surface area contributed by atoms with Crippen LogP contribution in [0.5, 0.6) is 0 Å². The molecule has 0 saturated carbocycles. The fourth-order valence-electron chi connectivity index (χ4n) is 4.38. The zero-order chi connectivity index (χ0) is 23.4. The Labute approximate surface area is 199 Å². The summed E-state index contributed by atoms with van der Waals surface area (Å²) in [4.78, 5) is 28.0. The molecule has 7 nitrogen and oxygen atoms in total. The predicted octanol–water partition coefficient (Wildman–Crippen LogP) is 3.58. The lowest BCUT2D eigenvalue weighted by atomic mass is 10.1.